The van der Waals surface area contributed by atoms with E-state index in [9.17, 15) is 45.9 Å². The minimum atomic E-state index is -5.06. The first-order chi connectivity index (χ1) is 28.0. The Hall–Kier alpha value is -4.65. The van der Waals surface area contributed by atoms with Crippen LogP contribution in [-0.2, 0) is 35.3 Å². The van der Waals surface area contributed by atoms with E-state index in [4.69, 9.17) is 14.2 Å². The molecule has 0 bridgehead atoms. The Morgan fingerprint density at radius 3 is 2.43 bits per heavy atom. The second kappa shape index (κ2) is 15.4. The molecule has 0 radical (unpaired) electrons. The van der Waals surface area contributed by atoms with Gasteiger partial charge in [0.2, 0.25) is 21.8 Å². The number of amides is 4. The Labute approximate surface area is 346 Å². The van der Waals surface area contributed by atoms with Crippen LogP contribution < -0.4 is 24.8 Å². The van der Waals surface area contributed by atoms with E-state index in [0.29, 0.717) is 44.9 Å². The van der Waals surface area contributed by atoms with Crippen LogP contribution in [0, 0.1) is 5.92 Å². The number of nitrogens with one attached hydrogen (secondary N) is 3. The number of aliphatic hydroxyl groups is 1. The van der Waals surface area contributed by atoms with Crippen molar-refractivity contribution >= 4 is 44.7 Å². The minimum absolute atomic E-state index is 0.0557. The van der Waals surface area contributed by atoms with Gasteiger partial charge in [-0.05, 0) is 90.8 Å². The second-order valence-electron chi connectivity index (χ2n) is 18.0. The fraction of sp³-hybridized carbons (Fsp3) is 0.634. The molecule has 2 aromatic rings. The molecule has 2 saturated carbocycles. The summed E-state index contributed by atoms with van der Waals surface area (Å²) in [5, 5.41) is 17.4. The highest BCUT2D eigenvalue weighted by atomic mass is 32.2. The minimum Gasteiger partial charge on any atom is -0.497 e. The molecule has 328 valence electrons. The van der Waals surface area contributed by atoms with Gasteiger partial charge >= 0.3 is 12.3 Å². The van der Waals surface area contributed by atoms with Crippen molar-refractivity contribution in [3.63, 3.8) is 0 Å². The number of pyridine rings is 1. The van der Waals surface area contributed by atoms with Crippen molar-refractivity contribution in [3.05, 3.63) is 41.6 Å². The van der Waals surface area contributed by atoms with Crippen LogP contribution in [0.1, 0.15) is 116 Å². The number of fused-ring (bicyclic) bond motifs is 5. The van der Waals surface area contributed by atoms with E-state index in [1.54, 1.807) is 26.8 Å². The number of rotatable bonds is 5. The average Bonchev–Trinajstić information content (AvgIpc) is 3.81. The van der Waals surface area contributed by atoms with Crippen molar-refractivity contribution in [2.24, 2.45) is 5.92 Å². The predicted octanol–water partition coefficient (Wildman–Crippen LogP) is 5.09. The normalized spacial score (nSPS) is 29.4. The zero-order chi connectivity index (χ0) is 43.6. The van der Waals surface area contributed by atoms with E-state index in [0.717, 1.165) is 4.90 Å². The van der Waals surface area contributed by atoms with Gasteiger partial charge in [0.1, 0.15) is 34.6 Å². The Kier molecular flexibility index (Phi) is 11.1. The van der Waals surface area contributed by atoms with E-state index in [-0.39, 0.29) is 41.5 Å². The molecule has 3 aliphatic heterocycles. The van der Waals surface area contributed by atoms with Gasteiger partial charge in [0, 0.05) is 29.7 Å². The van der Waals surface area contributed by atoms with Crippen LogP contribution in [0.3, 0.4) is 0 Å². The fourth-order valence-electron chi connectivity index (χ4n) is 8.74. The first kappa shape index (κ1) is 43.4. The lowest BCUT2D eigenvalue weighted by Crippen LogP contribution is -2.70. The number of benzene rings is 1. The highest BCUT2D eigenvalue weighted by molar-refractivity contribution is 7.91. The summed E-state index contributed by atoms with van der Waals surface area (Å²) >= 11 is 0. The number of allylic oxidation sites excluding steroid dienone is 1. The molecule has 1 aromatic heterocycles. The lowest BCUT2D eigenvalue weighted by atomic mass is 9.65. The van der Waals surface area contributed by atoms with Gasteiger partial charge in [0.05, 0.1) is 30.0 Å². The monoisotopic (exact) mass is 863 g/mol. The molecular weight excluding hydrogens is 812 g/mol. The largest absolute Gasteiger partial charge is 0.497 e. The maximum atomic E-state index is 14.8. The first-order valence-electron chi connectivity index (χ1n) is 20.3. The topological polar surface area (TPSA) is 203 Å². The maximum Gasteiger partial charge on any atom is 0.437 e. The molecule has 5 aliphatic rings. The molecule has 19 heteroatoms. The van der Waals surface area contributed by atoms with Gasteiger partial charge < -0.3 is 34.9 Å². The quantitative estimate of drug-likeness (QED) is 0.292. The summed E-state index contributed by atoms with van der Waals surface area (Å²) in [7, 11) is -2.77. The summed E-state index contributed by atoms with van der Waals surface area (Å²) in [5.41, 5.74) is -6.17. The summed E-state index contributed by atoms with van der Waals surface area (Å²) in [6, 6.07) is 1.43. The summed E-state index contributed by atoms with van der Waals surface area (Å²) in [6.45, 7) is 5.95. The molecule has 1 saturated heterocycles. The second-order valence-corrected chi connectivity index (χ2v) is 20.2. The Bertz CT molecular complexity index is 2230. The van der Waals surface area contributed by atoms with Crippen LogP contribution in [0.15, 0.2) is 30.4 Å². The maximum absolute atomic E-state index is 14.8. The molecule has 4 amide bonds. The van der Waals surface area contributed by atoms with E-state index >= 15 is 0 Å². The molecule has 1 aromatic carbocycles. The number of halogens is 3. The SMILES string of the molecule is COc1ccc2nc(C(F)(F)F)c3c(c2c1)C(O)CC1(CC2C(=O)NC4(C(=O)NS(=O)(=O)C5(C)CC5)CCC4C=CCCCCCC(NC(=O)OC(C)(C)C)C(=O)N2C1)O3. The van der Waals surface area contributed by atoms with Gasteiger partial charge in [0.15, 0.2) is 11.4 Å². The number of carbonyl (C=O) groups is 4. The molecule has 6 unspecified atom stereocenters. The van der Waals surface area contributed by atoms with Crippen LogP contribution in [0.25, 0.3) is 10.9 Å². The smallest absolute Gasteiger partial charge is 0.437 e. The molecule has 7 rings (SSSR count). The average molecular weight is 864 g/mol. The number of carbonyl (C=O) groups excluding carboxylic acids is 4. The lowest BCUT2D eigenvalue weighted by molar-refractivity contribution is -0.145. The number of nitrogens with zero attached hydrogens (tertiary/aromatic N) is 2. The zero-order valence-corrected chi connectivity index (χ0v) is 35.1. The van der Waals surface area contributed by atoms with Crippen LogP contribution in [0.2, 0.25) is 0 Å². The number of ether oxygens (including phenoxy) is 3. The number of aliphatic hydroxyl groups excluding tert-OH is 1. The van der Waals surface area contributed by atoms with Crippen LogP contribution >= 0.6 is 0 Å². The fourth-order valence-corrected chi connectivity index (χ4v) is 10.1. The third kappa shape index (κ3) is 8.22. The molecule has 4 heterocycles. The van der Waals surface area contributed by atoms with Gasteiger partial charge in [-0.25, -0.2) is 18.2 Å². The number of methoxy groups -OCH3 is 1. The summed E-state index contributed by atoms with van der Waals surface area (Å²) < 4.78 is 89.2. The van der Waals surface area contributed by atoms with Crippen molar-refractivity contribution in [2.75, 3.05) is 13.7 Å². The van der Waals surface area contributed by atoms with Gasteiger partial charge in [-0.2, -0.15) is 13.2 Å². The standard InChI is InChI=1S/C41H52F3N5O10S/c1-37(2,3)59-36(54)46-27-12-10-8-6-7-9-11-23-15-16-40(23,35(53)48-60(55,56)38(4)17-18-38)47-33(51)28-20-39(22-49(28)34(27)52)21-29(50)30-25-19-24(57-5)13-14-26(25)45-32(31(30)58-39)41(42,43)44/h9,11,13-14,19,23,27-29,50H,6-8,10,12,15-18,20-22H2,1-5H3,(H,46,54)(H,47,51)(H,48,53). The van der Waals surface area contributed by atoms with Crippen molar-refractivity contribution in [1.82, 2.24) is 25.2 Å². The number of alkyl carbamates (subject to hydrolysis) is 1. The highest BCUT2D eigenvalue weighted by Crippen LogP contribution is 2.52. The Morgan fingerprint density at radius 1 is 1.07 bits per heavy atom. The lowest BCUT2D eigenvalue weighted by Gasteiger charge is -2.48. The van der Waals surface area contributed by atoms with Gasteiger partial charge in [-0.15, -0.1) is 0 Å². The van der Waals surface area contributed by atoms with Crippen molar-refractivity contribution < 1.29 is 60.1 Å². The molecular formula is C41H52F3N5O10S. The summed E-state index contributed by atoms with van der Waals surface area (Å²) in [6.07, 6.45) is -1.07. The van der Waals surface area contributed by atoms with E-state index in [2.05, 4.69) is 20.3 Å². The number of aromatic nitrogens is 1. The van der Waals surface area contributed by atoms with Crippen molar-refractivity contribution in [1.29, 1.82) is 0 Å². The number of sulfonamides is 1. The molecule has 6 atom stereocenters. The molecule has 2 aliphatic carbocycles. The van der Waals surface area contributed by atoms with E-state index in [1.165, 1.54) is 32.2 Å². The summed E-state index contributed by atoms with van der Waals surface area (Å²) in [5.74, 6) is -3.70. The summed E-state index contributed by atoms with van der Waals surface area (Å²) in [4.78, 5) is 61.9. The highest BCUT2D eigenvalue weighted by Gasteiger charge is 2.60. The number of alkyl halides is 3. The van der Waals surface area contributed by atoms with Crippen LogP contribution in [0.5, 0.6) is 11.5 Å². The van der Waals surface area contributed by atoms with Crippen molar-refractivity contribution in [2.45, 2.75) is 144 Å². The molecule has 4 N–H and O–H groups in total. The molecule has 1 spiro atoms. The Morgan fingerprint density at radius 2 is 1.80 bits per heavy atom. The van der Waals surface area contributed by atoms with Crippen LogP contribution in [-0.4, -0.2) is 94.4 Å². The number of hydrogen-bond acceptors (Lipinski definition) is 11. The third-order valence-electron chi connectivity index (χ3n) is 12.4. The van der Waals surface area contributed by atoms with E-state index < -0.39 is 110 Å². The third-order valence-corrected chi connectivity index (χ3v) is 14.6. The Balaban J connectivity index is 1.31. The van der Waals surface area contributed by atoms with Gasteiger partial charge in [-0.3, -0.25) is 19.1 Å². The van der Waals surface area contributed by atoms with Crippen LogP contribution in [0.4, 0.5) is 18.0 Å². The zero-order valence-electron chi connectivity index (χ0n) is 34.2. The number of hydrogen-bond donors (Lipinski definition) is 4. The van der Waals surface area contributed by atoms with Gasteiger partial charge in [-0.1, -0.05) is 25.0 Å². The van der Waals surface area contributed by atoms with Crippen molar-refractivity contribution in [3.8, 4) is 11.5 Å². The first-order valence-corrected chi connectivity index (χ1v) is 21.8. The molecule has 3 fully saturated rings. The molecule has 15 nitrogen and oxygen atoms in total. The molecule has 60 heavy (non-hydrogen) atoms. The van der Waals surface area contributed by atoms with E-state index in [1.807, 2.05) is 6.08 Å². The van der Waals surface area contributed by atoms with Gasteiger partial charge in [0.25, 0.3) is 5.91 Å². The predicted molar refractivity (Wildman–Crippen MR) is 210 cm³/mol.